The van der Waals surface area contributed by atoms with Gasteiger partial charge in [0.05, 0.1) is 17.4 Å². The van der Waals surface area contributed by atoms with Gasteiger partial charge in [0.25, 0.3) is 0 Å². The molecule has 1 aliphatic rings. The lowest BCUT2D eigenvalue weighted by Crippen LogP contribution is -2.29. The minimum absolute atomic E-state index is 0.256. The minimum atomic E-state index is 0.256. The van der Waals surface area contributed by atoms with E-state index in [4.69, 9.17) is 5.26 Å². The van der Waals surface area contributed by atoms with E-state index in [2.05, 4.69) is 6.07 Å². The predicted octanol–water partition coefficient (Wildman–Crippen LogP) is 2.41. The van der Waals surface area contributed by atoms with Crippen molar-refractivity contribution in [3.05, 3.63) is 35.4 Å². The Bertz CT molecular complexity index is 444. The van der Waals surface area contributed by atoms with Crippen molar-refractivity contribution in [3.63, 3.8) is 0 Å². The van der Waals surface area contributed by atoms with Crippen LogP contribution >= 0.6 is 11.8 Å². The molecule has 4 heteroatoms. The van der Waals surface area contributed by atoms with E-state index in [0.29, 0.717) is 11.3 Å². The van der Waals surface area contributed by atoms with Gasteiger partial charge in [-0.15, -0.1) is 11.8 Å². The summed E-state index contributed by atoms with van der Waals surface area (Å²) in [6, 6.07) is 9.63. The molecule has 0 unspecified atom stereocenters. The van der Waals surface area contributed by atoms with Gasteiger partial charge in [0.2, 0.25) is 5.91 Å². The molecule has 1 fully saturated rings. The molecule has 2 rings (SSSR count). The molecule has 1 heterocycles. The molecule has 0 atom stereocenters. The highest BCUT2D eigenvalue weighted by Crippen LogP contribution is 2.15. The molecule has 1 aliphatic heterocycles. The van der Waals surface area contributed by atoms with Crippen LogP contribution in [0.1, 0.15) is 24.0 Å². The van der Waals surface area contributed by atoms with E-state index in [1.54, 1.807) is 11.8 Å². The molecule has 1 saturated heterocycles. The van der Waals surface area contributed by atoms with Gasteiger partial charge >= 0.3 is 0 Å². The number of carbonyl (C=O) groups excluding carboxylic acids is 1. The van der Waals surface area contributed by atoms with Crippen molar-refractivity contribution in [2.75, 3.05) is 18.8 Å². The summed E-state index contributed by atoms with van der Waals surface area (Å²) < 4.78 is 0. The first-order valence-corrected chi connectivity index (χ1v) is 7.29. The molecule has 0 radical (unpaired) electrons. The number of nitriles is 1. The lowest BCUT2D eigenvalue weighted by atomic mass is 10.2. The van der Waals surface area contributed by atoms with Crippen LogP contribution in [-0.2, 0) is 10.5 Å². The van der Waals surface area contributed by atoms with Crippen LogP contribution in [0.2, 0.25) is 0 Å². The number of benzene rings is 1. The molecule has 0 N–H and O–H groups in total. The molecule has 0 aromatic heterocycles. The van der Waals surface area contributed by atoms with Gasteiger partial charge < -0.3 is 4.90 Å². The second-order valence-corrected chi connectivity index (χ2v) is 5.38. The maximum atomic E-state index is 11.8. The number of amides is 1. The van der Waals surface area contributed by atoms with E-state index in [0.717, 1.165) is 37.2 Å². The van der Waals surface area contributed by atoms with Crippen LogP contribution in [0.25, 0.3) is 0 Å². The number of hydrogen-bond donors (Lipinski definition) is 0. The standard InChI is InChI=1S/C14H16N2OS/c15-9-12-3-5-13(6-4-12)10-18-11-14(17)16-7-1-2-8-16/h3-6H,1-2,7-8,10-11H2. The summed E-state index contributed by atoms with van der Waals surface area (Å²) in [5.74, 6) is 1.64. The Balaban J connectivity index is 1.74. The van der Waals surface area contributed by atoms with Crippen LogP contribution in [0.15, 0.2) is 24.3 Å². The van der Waals surface area contributed by atoms with Crippen LogP contribution < -0.4 is 0 Å². The average molecular weight is 260 g/mol. The quantitative estimate of drug-likeness (QED) is 0.835. The molecule has 0 bridgehead atoms. The second-order valence-electron chi connectivity index (χ2n) is 4.39. The number of thioether (sulfide) groups is 1. The molecule has 18 heavy (non-hydrogen) atoms. The molecule has 3 nitrogen and oxygen atoms in total. The maximum Gasteiger partial charge on any atom is 0.232 e. The summed E-state index contributed by atoms with van der Waals surface area (Å²) in [5, 5.41) is 8.69. The van der Waals surface area contributed by atoms with Gasteiger partial charge in [-0.2, -0.15) is 5.26 Å². The molecular formula is C14H16N2OS. The zero-order valence-corrected chi connectivity index (χ0v) is 11.1. The summed E-state index contributed by atoms with van der Waals surface area (Å²) >= 11 is 1.64. The van der Waals surface area contributed by atoms with Crippen molar-refractivity contribution in [1.29, 1.82) is 5.26 Å². The van der Waals surface area contributed by atoms with Crippen molar-refractivity contribution in [3.8, 4) is 6.07 Å². The van der Waals surface area contributed by atoms with Gasteiger partial charge in [-0.05, 0) is 30.5 Å². The fourth-order valence-corrected chi connectivity index (χ4v) is 2.88. The fourth-order valence-electron chi connectivity index (χ4n) is 1.99. The molecule has 1 amide bonds. The van der Waals surface area contributed by atoms with Crippen LogP contribution in [0.5, 0.6) is 0 Å². The van der Waals surface area contributed by atoms with Crippen LogP contribution in [0.4, 0.5) is 0 Å². The average Bonchev–Trinajstić information content (AvgIpc) is 2.93. The predicted molar refractivity (Wildman–Crippen MR) is 73.1 cm³/mol. The van der Waals surface area contributed by atoms with Crippen molar-refractivity contribution >= 4 is 17.7 Å². The Morgan fingerprint density at radius 1 is 1.28 bits per heavy atom. The lowest BCUT2D eigenvalue weighted by Gasteiger charge is -2.14. The van der Waals surface area contributed by atoms with Gasteiger partial charge in [-0.3, -0.25) is 4.79 Å². The summed E-state index contributed by atoms with van der Waals surface area (Å²) in [6.45, 7) is 1.85. The molecule has 1 aromatic rings. The molecule has 0 aliphatic carbocycles. The summed E-state index contributed by atoms with van der Waals surface area (Å²) in [7, 11) is 0. The molecule has 1 aromatic carbocycles. The first-order valence-electron chi connectivity index (χ1n) is 6.14. The fraction of sp³-hybridized carbons (Fsp3) is 0.429. The SMILES string of the molecule is N#Cc1ccc(CSCC(=O)N2CCCC2)cc1. The van der Waals surface area contributed by atoms with E-state index in [1.807, 2.05) is 29.2 Å². The normalized spacial score (nSPS) is 14.5. The Labute approximate surface area is 112 Å². The summed E-state index contributed by atoms with van der Waals surface area (Å²) in [5.41, 5.74) is 1.84. The first kappa shape index (κ1) is 13.0. The highest BCUT2D eigenvalue weighted by atomic mass is 32.2. The third kappa shape index (κ3) is 3.51. The highest BCUT2D eigenvalue weighted by molar-refractivity contribution is 7.99. The number of nitrogens with zero attached hydrogens (tertiary/aromatic N) is 2. The van der Waals surface area contributed by atoms with Crippen molar-refractivity contribution in [1.82, 2.24) is 4.90 Å². The molecule has 0 saturated carbocycles. The summed E-state index contributed by atoms with van der Waals surface area (Å²) in [6.07, 6.45) is 2.29. The number of rotatable bonds is 4. The van der Waals surface area contributed by atoms with Gasteiger partial charge in [-0.25, -0.2) is 0 Å². The molecule has 94 valence electrons. The number of likely N-dealkylation sites (tertiary alicyclic amines) is 1. The van der Waals surface area contributed by atoms with Gasteiger partial charge in [0, 0.05) is 18.8 Å². The van der Waals surface area contributed by atoms with E-state index in [9.17, 15) is 4.79 Å². The van der Waals surface area contributed by atoms with E-state index in [1.165, 1.54) is 0 Å². The Morgan fingerprint density at radius 3 is 2.56 bits per heavy atom. The van der Waals surface area contributed by atoms with Crippen molar-refractivity contribution in [2.24, 2.45) is 0 Å². The Kier molecular flexibility index (Phi) is 4.66. The zero-order valence-electron chi connectivity index (χ0n) is 10.3. The monoisotopic (exact) mass is 260 g/mol. The van der Waals surface area contributed by atoms with E-state index in [-0.39, 0.29) is 5.91 Å². The minimum Gasteiger partial charge on any atom is -0.342 e. The van der Waals surface area contributed by atoms with Gasteiger partial charge in [0.1, 0.15) is 0 Å². The molecule has 0 spiro atoms. The van der Waals surface area contributed by atoms with E-state index < -0.39 is 0 Å². The maximum absolute atomic E-state index is 11.8. The van der Waals surface area contributed by atoms with Crippen molar-refractivity contribution in [2.45, 2.75) is 18.6 Å². The number of carbonyl (C=O) groups is 1. The Morgan fingerprint density at radius 2 is 1.94 bits per heavy atom. The second kappa shape index (κ2) is 6.46. The van der Waals surface area contributed by atoms with Gasteiger partial charge in [-0.1, -0.05) is 12.1 Å². The third-order valence-electron chi connectivity index (χ3n) is 3.04. The molecular weight excluding hydrogens is 244 g/mol. The number of hydrogen-bond acceptors (Lipinski definition) is 3. The smallest absolute Gasteiger partial charge is 0.232 e. The van der Waals surface area contributed by atoms with Crippen LogP contribution in [0, 0.1) is 11.3 Å². The highest BCUT2D eigenvalue weighted by Gasteiger charge is 2.17. The van der Waals surface area contributed by atoms with Gasteiger partial charge in [0.15, 0.2) is 0 Å². The van der Waals surface area contributed by atoms with Crippen molar-refractivity contribution < 1.29 is 4.79 Å². The zero-order chi connectivity index (χ0) is 12.8. The lowest BCUT2D eigenvalue weighted by molar-refractivity contribution is -0.127. The van der Waals surface area contributed by atoms with Crippen LogP contribution in [0.3, 0.4) is 0 Å². The summed E-state index contributed by atoms with van der Waals surface area (Å²) in [4.78, 5) is 13.7. The Hall–Kier alpha value is -1.47. The van der Waals surface area contributed by atoms with Crippen LogP contribution in [-0.4, -0.2) is 29.6 Å². The third-order valence-corrected chi connectivity index (χ3v) is 4.02. The topological polar surface area (TPSA) is 44.1 Å². The van der Waals surface area contributed by atoms with E-state index >= 15 is 0 Å². The first-order chi connectivity index (χ1) is 8.79. The largest absolute Gasteiger partial charge is 0.342 e.